The Kier molecular flexibility index (Phi) is 3.63. The van der Waals surface area contributed by atoms with Crippen LogP contribution < -0.4 is 5.32 Å². The minimum absolute atomic E-state index is 0.0100. The maximum Gasteiger partial charge on any atom is 0.245 e. The van der Waals surface area contributed by atoms with E-state index in [0.717, 1.165) is 13.1 Å². The molecule has 2 aliphatic heterocycles. The van der Waals surface area contributed by atoms with Crippen LogP contribution in [0, 0.1) is 0 Å². The van der Waals surface area contributed by atoms with Gasteiger partial charge in [0, 0.05) is 19.6 Å². The van der Waals surface area contributed by atoms with Crippen LogP contribution in [0.15, 0.2) is 0 Å². The summed E-state index contributed by atoms with van der Waals surface area (Å²) >= 11 is 0. The number of hydrogen-bond donors (Lipinski definition) is 1. The molecule has 6 heteroatoms. The smallest absolute Gasteiger partial charge is 0.245 e. The summed E-state index contributed by atoms with van der Waals surface area (Å²) in [7, 11) is 2.03. The summed E-state index contributed by atoms with van der Waals surface area (Å²) in [6, 6.07) is -0.419. The monoisotopic (exact) mass is 241 g/mol. The molecule has 2 unspecified atom stereocenters. The van der Waals surface area contributed by atoms with Gasteiger partial charge >= 0.3 is 0 Å². The standard InChI is InChI=1S/C11H19N3O3/c1-8-11(16)14(7-10(15)12-8)6-9-5-13(2)3-4-17-9/h8-9H,3-7H2,1-2H3,(H,12,15). The van der Waals surface area contributed by atoms with Crippen LogP contribution in [0.3, 0.4) is 0 Å². The third-order valence-corrected chi connectivity index (χ3v) is 3.16. The lowest BCUT2D eigenvalue weighted by molar-refractivity contribution is -0.146. The van der Waals surface area contributed by atoms with Crippen molar-refractivity contribution in [2.24, 2.45) is 0 Å². The van der Waals surface area contributed by atoms with Crippen LogP contribution in [0.2, 0.25) is 0 Å². The van der Waals surface area contributed by atoms with Crippen LogP contribution in [0.5, 0.6) is 0 Å². The van der Waals surface area contributed by atoms with E-state index in [1.807, 2.05) is 7.05 Å². The zero-order valence-electron chi connectivity index (χ0n) is 10.3. The lowest BCUT2D eigenvalue weighted by Gasteiger charge is -2.36. The molecule has 0 radical (unpaired) electrons. The number of nitrogens with one attached hydrogen (secondary N) is 1. The average Bonchev–Trinajstić information content (AvgIpc) is 2.25. The lowest BCUT2D eigenvalue weighted by Crippen LogP contribution is -2.59. The number of morpholine rings is 1. The van der Waals surface area contributed by atoms with E-state index in [1.54, 1.807) is 11.8 Å². The van der Waals surface area contributed by atoms with Crippen LogP contribution in [0.25, 0.3) is 0 Å². The van der Waals surface area contributed by atoms with Gasteiger partial charge in [-0.2, -0.15) is 0 Å². The van der Waals surface area contributed by atoms with E-state index in [4.69, 9.17) is 4.74 Å². The fraction of sp³-hybridized carbons (Fsp3) is 0.818. The fourth-order valence-electron chi connectivity index (χ4n) is 2.25. The Hall–Kier alpha value is -1.14. The molecule has 0 aromatic rings. The van der Waals surface area contributed by atoms with Crippen molar-refractivity contribution in [2.75, 3.05) is 39.8 Å². The van der Waals surface area contributed by atoms with E-state index < -0.39 is 6.04 Å². The van der Waals surface area contributed by atoms with Crippen molar-refractivity contribution >= 4 is 11.8 Å². The maximum atomic E-state index is 11.9. The molecule has 0 aliphatic carbocycles. The van der Waals surface area contributed by atoms with Gasteiger partial charge in [0.05, 0.1) is 19.3 Å². The molecule has 0 saturated carbocycles. The Morgan fingerprint density at radius 3 is 2.94 bits per heavy atom. The second-order valence-corrected chi connectivity index (χ2v) is 4.76. The quantitative estimate of drug-likeness (QED) is 0.650. The minimum atomic E-state index is -0.419. The molecule has 2 saturated heterocycles. The first kappa shape index (κ1) is 12.3. The van der Waals surface area contributed by atoms with Gasteiger partial charge in [-0.1, -0.05) is 0 Å². The third-order valence-electron chi connectivity index (χ3n) is 3.16. The van der Waals surface area contributed by atoms with Gasteiger partial charge in [0.1, 0.15) is 6.04 Å². The van der Waals surface area contributed by atoms with Crippen LogP contribution >= 0.6 is 0 Å². The molecule has 0 aromatic heterocycles. The number of carbonyl (C=O) groups excluding carboxylic acids is 2. The van der Waals surface area contributed by atoms with Crippen molar-refractivity contribution in [1.82, 2.24) is 15.1 Å². The Morgan fingerprint density at radius 1 is 1.47 bits per heavy atom. The first-order chi connectivity index (χ1) is 8.06. The Labute approximate surface area is 101 Å². The largest absolute Gasteiger partial charge is 0.374 e. The Balaban J connectivity index is 1.92. The van der Waals surface area contributed by atoms with Crippen LogP contribution in [-0.2, 0) is 14.3 Å². The molecular formula is C11H19N3O3. The number of amides is 2. The SMILES string of the molecule is CC1NC(=O)CN(CC2CN(C)CCO2)C1=O. The predicted octanol–water partition coefficient (Wildman–Crippen LogP) is -1.34. The molecule has 2 rings (SSSR count). The van der Waals surface area contributed by atoms with Crippen LogP contribution in [-0.4, -0.2) is 73.6 Å². The Morgan fingerprint density at radius 2 is 2.24 bits per heavy atom. The topological polar surface area (TPSA) is 61.9 Å². The molecule has 0 bridgehead atoms. The minimum Gasteiger partial charge on any atom is -0.374 e. The van der Waals surface area contributed by atoms with Crippen LogP contribution in [0.4, 0.5) is 0 Å². The number of likely N-dealkylation sites (N-methyl/N-ethyl adjacent to an activating group) is 1. The fourth-order valence-corrected chi connectivity index (χ4v) is 2.25. The van der Waals surface area contributed by atoms with E-state index in [9.17, 15) is 9.59 Å². The second kappa shape index (κ2) is 5.01. The number of hydrogen-bond acceptors (Lipinski definition) is 4. The number of nitrogens with zero attached hydrogens (tertiary/aromatic N) is 2. The normalized spacial score (nSPS) is 31.5. The zero-order valence-corrected chi connectivity index (χ0v) is 10.3. The number of ether oxygens (including phenoxy) is 1. The molecule has 2 aliphatic rings. The van der Waals surface area contributed by atoms with Crippen molar-refractivity contribution in [3.8, 4) is 0 Å². The number of rotatable bonds is 2. The highest BCUT2D eigenvalue weighted by Gasteiger charge is 2.32. The summed E-state index contributed by atoms with van der Waals surface area (Å²) in [5, 5.41) is 2.62. The van der Waals surface area contributed by atoms with Gasteiger partial charge in [-0.15, -0.1) is 0 Å². The van der Waals surface area contributed by atoms with Gasteiger partial charge in [0.25, 0.3) is 0 Å². The average molecular weight is 241 g/mol. The van der Waals surface area contributed by atoms with Crippen molar-refractivity contribution < 1.29 is 14.3 Å². The summed E-state index contributed by atoms with van der Waals surface area (Å²) < 4.78 is 5.60. The van der Waals surface area contributed by atoms with Gasteiger partial charge in [-0.25, -0.2) is 0 Å². The van der Waals surface area contributed by atoms with E-state index in [-0.39, 0.29) is 24.5 Å². The predicted molar refractivity (Wildman–Crippen MR) is 61.4 cm³/mol. The van der Waals surface area contributed by atoms with Gasteiger partial charge < -0.3 is 19.9 Å². The van der Waals surface area contributed by atoms with Crippen LogP contribution in [0.1, 0.15) is 6.92 Å². The van der Waals surface area contributed by atoms with Crippen molar-refractivity contribution in [3.05, 3.63) is 0 Å². The maximum absolute atomic E-state index is 11.9. The summed E-state index contributed by atoms with van der Waals surface area (Å²) in [5.74, 6) is -0.123. The number of carbonyl (C=O) groups is 2. The first-order valence-electron chi connectivity index (χ1n) is 5.94. The molecule has 6 nitrogen and oxygen atoms in total. The van der Waals surface area contributed by atoms with Crippen molar-refractivity contribution in [3.63, 3.8) is 0 Å². The first-order valence-corrected chi connectivity index (χ1v) is 5.94. The molecule has 1 N–H and O–H groups in total. The second-order valence-electron chi connectivity index (χ2n) is 4.76. The summed E-state index contributed by atoms with van der Waals surface area (Å²) in [4.78, 5) is 27.0. The van der Waals surface area contributed by atoms with E-state index >= 15 is 0 Å². The molecule has 2 fully saturated rings. The highest BCUT2D eigenvalue weighted by Crippen LogP contribution is 2.08. The van der Waals surface area contributed by atoms with Gasteiger partial charge in [0.2, 0.25) is 11.8 Å². The Bertz CT molecular complexity index is 321. The molecule has 2 amide bonds. The molecular weight excluding hydrogens is 222 g/mol. The van der Waals surface area contributed by atoms with Crippen molar-refractivity contribution in [2.45, 2.75) is 19.1 Å². The summed E-state index contributed by atoms with van der Waals surface area (Å²) in [6.45, 7) is 4.76. The van der Waals surface area contributed by atoms with Gasteiger partial charge in [0.15, 0.2) is 0 Å². The highest BCUT2D eigenvalue weighted by atomic mass is 16.5. The molecule has 0 aromatic carbocycles. The molecule has 0 spiro atoms. The molecule has 2 atom stereocenters. The van der Waals surface area contributed by atoms with Crippen molar-refractivity contribution in [1.29, 1.82) is 0 Å². The summed E-state index contributed by atoms with van der Waals surface area (Å²) in [5.41, 5.74) is 0. The molecule has 2 heterocycles. The van der Waals surface area contributed by atoms with Gasteiger partial charge in [-0.3, -0.25) is 9.59 Å². The lowest BCUT2D eigenvalue weighted by atomic mass is 10.2. The third kappa shape index (κ3) is 2.95. The molecule has 96 valence electrons. The highest BCUT2D eigenvalue weighted by molar-refractivity contribution is 5.94. The summed E-state index contributed by atoms with van der Waals surface area (Å²) in [6.07, 6.45) is 0.0100. The van der Waals surface area contributed by atoms with E-state index in [1.165, 1.54) is 0 Å². The van der Waals surface area contributed by atoms with E-state index in [0.29, 0.717) is 13.2 Å². The zero-order chi connectivity index (χ0) is 12.4. The molecule has 17 heavy (non-hydrogen) atoms. The van der Waals surface area contributed by atoms with E-state index in [2.05, 4.69) is 10.2 Å². The van der Waals surface area contributed by atoms with Gasteiger partial charge in [-0.05, 0) is 14.0 Å². The number of piperazine rings is 1.